The van der Waals surface area contributed by atoms with Crippen LogP contribution in [0.4, 0.5) is 10.7 Å². The number of nitrogens with zero attached hydrogens (tertiary/aromatic N) is 5. The van der Waals surface area contributed by atoms with Gasteiger partial charge in [-0.25, -0.2) is 14.8 Å². The first kappa shape index (κ1) is 22.5. The van der Waals surface area contributed by atoms with Gasteiger partial charge in [0.2, 0.25) is 5.95 Å². The highest BCUT2D eigenvalue weighted by Crippen LogP contribution is 2.35. The van der Waals surface area contributed by atoms with Crippen LogP contribution in [0, 0.1) is 0 Å². The molecule has 4 amide bonds. The molecule has 2 saturated heterocycles. The summed E-state index contributed by atoms with van der Waals surface area (Å²) in [4.78, 5) is 52.0. The van der Waals surface area contributed by atoms with E-state index in [9.17, 15) is 14.4 Å². The summed E-state index contributed by atoms with van der Waals surface area (Å²) in [7, 11) is 0. The minimum Gasteiger partial charge on any atom is -0.338 e. The van der Waals surface area contributed by atoms with Crippen molar-refractivity contribution in [2.24, 2.45) is 0 Å². The average molecular weight is 472 g/mol. The van der Waals surface area contributed by atoms with Gasteiger partial charge in [-0.2, -0.15) is 5.01 Å². The van der Waals surface area contributed by atoms with Gasteiger partial charge in [-0.1, -0.05) is 60.7 Å². The van der Waals surface area contributed by atoms with Crippen molar-refractivity contribution in [2.75, 3.05) is 37.6 Å². The normalized spacial score (nSPS) is 17.8. The number of hydrogen-bond acceptors (Lipinski definition) is 7. The summed E-state index contributed by atoms with van der Waals surface area (Å²) in [5.41, 5.74) is 2.32. The fourth-order valence-corrected chi connectivity index (χ4v) is 4.49. The van der Waals surface area contributed by atoms with E-state index in [1.54, 1.807) is 67.0 Å². The molecule has 2 aliphatic rings. The molecule has 0 bridgehead atoms. The van der Waals surface area contributed by atoms with Gasteiger partial charge in [0.1, 0.15) is 0 Å². The molecule has 178 valence electrons. The first-order valence-corrected chi connectivity index (χ1v) is 11.4. The lowest BCUT2D eigenvalue weighted by Crippen LogP contribution is -2.54. The van der Waals surface area contributed by atoms with Crippen LogP contribution in [0.1, 0.15) is 11.1 Å². The third-order valence-corrected chi connectivity index (χ3v) is 6.25. The number of carbonyl (C=O) groups is 3. The number of urea groups is 1. The number of piperazine rings is 1. The Morgan fingerprint density at radius 2 is 1.43 bits per heavy atom. The maximum Gasteiger partial charge on any atom is 0.344 e. The highest BCUT2D eigenvalue weighted by Gasteiger charge is 2.54. The number of rotatable bonds is 6. The lowest BCUT2D eigenvalue weighted by molar-refractivity contribution is -0.138. The minimum absolute atomic E-state index is 0.0597. The Labute approximate surface area is 202 Å². The van der Waals surface area contributed by atoms with Crippen molar-refractivity contribution in [3.8, 4) is 0 Å². The van der Waals surface area contributed by atoms with Crippen molar-refractivity contribution in [2.45, 2.75) is 5.54 Å². The van der Waals surface area contributed by atoms with Crippen molar-refractivity contribution in [1.82, 2.24) is 30.6 Å². The van der Waals surface area contributed by atoms with Crippen molar-refractivity contribution in [3.05, 3.63) is 90.3 Å². The van der Waals surface area contributed by atoms with Crippen LogP contribution in [-0.4, -0.2) is 70.4 Å². The van der Waals surface area contributed by atoms with Crippen molar-refractivity contribution in [3.63, 3.8) is 0 Å². The predicted octanol–water partition coefficient (Wildman–Crippen LogP) is 1.13. The predicted molar refractivity (Wildman–Crippen MR) is 128 cm³/mol. The average Bonchev–Trinajstić information content (AvgIpc) is 3.16. The van der Waals surface area contributed by atoms with E-state index in [0.29, 0.717) is 43.3 Å². The molecule has 2 fully saturated rings. The fourth-order valence-electron chi connectivity index (χ4n) is 4.49. The Hall–Kier alpha value is -4.31. The number of benzene rings is 2. The van der Waals surface area contributed by atoms with Crippen LogP contribution in [0.25, 0.3) is 0 Å². The molecule has 5 rings (SSSR count). The molecule has 35 heavy (non-hydrogen) atoms. The van der Waals surface area contributed by atoms with Crippen LogP contribution >= 0.6 is 0 Å². The first-order valence-electron chi connectivity index (χ1n) is 11.4. The summed E-state index contributed by atoms with van der Waals surface area (Å²) in [6.45, 7) is 2.66. The van der Waals surface area contributed by atoms with Crippen LogP contribution in [-0.2, 0) is 15.1 Å². The van der Waals surface area contributed by atoms with Crippen LogP contribution in [0.3, 0.4) is 0 Å². The number of carbonyl (C=O) groups excluding carboxylic acids is 3. The Balaban J connectivity index is 1.27. The molecule has 0 radical (unpaired) electrons. The smallest absolute Gasteiger partial charge is 0.338 e. The summed E-state index contributed by atoms with van der Waals surface area (Å²) < 4.78 is 0. The molecule has 1 aromatic heterocycles. The molecule has 2 aliphatic heterocycles. The third kappa shape index (κ3) is 4.31. The monoisotopic (exact) mass is 471 g/mol. The molecule has 3 aromatic rings. The Morgan fingerprint density at radius 3 is 2.00 bits per heavy atom. The lowest BCUT2D eigenvalue weighted by Gasteiger charge is -2.34. The second kappa shape index (κ2) is 9.51. The molecule has 0 spiro atoms. The van der Waals surface area contributed by atoms with Gasteiger partial charge >= 0.3 is 6.03 Å². The highest BCUT2D eigenvalue weighted by atomic mass is 16.2. The van der Waals surface area contributed by atoms with E-state index in [4.69, 9.17) is 0 Å². The van der Waals surface area contributed by atoms with E-state index >= 15 is 0 Å². The quantitative estimate of drug-likeness (QED) is 0.519. The molecule has 0 unspecified atom stereocenters. The molecular formula is C25H25N7O3. The summed E-state index contributed by atoms with van der Waals surface area (Å²) in [5, 5.41) is 3.61. The van der Waals surface area contributed by atoms with Crippen LogP contribution < -0.4 is 15.6 Å². The molecule has 3 heterocycles. The van der Waals surface area contributed by atoms with E-state index < -0.39 is 23.4 Å². The molecule has 10 heteroatoms. The zero-order valence-corrected chi connectivity index (χ0v) is 19.0. The van der Waals surface area contributed by atoms with Crippen molar-refractivity contribution >= 4 is 23.8 Å². The molecule has 0 atom stereocenters. The Bertz CT molecular complexity index is 1160. The number of imide groups is 1. The van der Waals surface area contributed by atoms with Crippen molar-refractivity contribution < 1.29 is 14.4 Å². The lowest BCUT2D eigenvalue weighted by atomic mass is 9.83. The van der Waals surface area contributed by atoms with Gasteiger partial charge in [0.25, 0.3) is 11.8 Å². The third-order valence-electron chi connectivity index (χ3n) is 6.25. The summed E-state index contributed by atoms with van der Waals surface area (Å²) in [6.07, 6.45) is 3.40. The van der Waals surface area contributed by atoms with Crippen LogP contribution in [0.5, 0.6) is 0 Å². The molecule has 0 aliphatic carbocycles. The van der Waals surface area contributed by atoms with Crippen molar-refractivity contribution in [1.29, 1.82) is 0 Å². The van der Waals surface area contributed by atoms with E-state index in [2.05, 4.69) is 25.6 Å². The highest BCUT2D eigenvalue weighted by molar-refractivity contribution is 6.10. The second-order valence-corrected chi connectivity index (χ2v) is 8.40. The van der Waals surface area contributed by atoms with Gasteiger partial charge in [-0.05, 0) is 17.2 Å². The number of amides is 4. The number of nitrogens with one attached hydrogen (secondary N) is 2. The zero-order chi connectivity index (χ0) is 24.3. The number of anilines is 1. The van der Waals surface area contributed by atoms with E-state index in [0.717, 1.165) is 5.01 Å². The molecular weight excluding hydrogens is 446 g/mol. The van der Waals surface area contributed by atoms with Crippen LogP contribution in [0.15, 0.2) is 79.1 Å². The largest absolute Gasteiger partial charge is 0.344 e. The van der Waals surface area contributed by atoms with Gasteiger partial charge in [-0.3, -0.25) is 19.9 Å². The Kier molecular flexibility index (Phi) is 6.11. The minimum atomic E-state index is -1.42. The molecule has 10 nitrogen and oxygen atoms in total. The Morgan fingerprint density at radius 1 is 0.857 bits per heavy atom. The summed E-state index contributed by atoms with van der Waals surface area (Å²) >= 11 is 0. The molecule has 0 saturated carbocycles. The van der Waals surface area contributed by atoms with Gasteiger partial charge in [0.05, 0.1) is 6.54 Å². The van der Waals surface area contributed by atoms with Gasteiger partial charge in [-0.15, -0.1) is 0 Å². The maximum absolute atomic E-state index is 13.7. The van der Waals surface area contributed by atoms with E-state index in [1.807, 2.05) is 17.0 Å². The maximum atomic E-state index is 13.7. The van der Waals surface area contributed by atoms with Gasteiger partial charge < -0.3 is 10.2 Å². The standard InChI is InChI=1S/C25H25N7O3/c33-21(18-30-14-16-31(17-15-30)23-26-12-7-13-27-23)29-32-22(34)25(28-24(32)35,19-8-3-1-4-9-19)20-10-5-2-6-11-20/h1-13H,14-18H2,(H,28,35)(H,29,33). The van der Waals surface area contributed by atoms with Gasteiger partial charge in [0, 0.05) is 38.6 Å². The van der Waals surface area contributed by atoms with Gasteiger partial charge in [0.15, 0.2) is 5.54 Å². The number of hydrazine groups is 1. The first-order chi connectivity index (χ1) is 17.1. The van der Waals surface area contributed by atoms with E-state index in [1.165, 1.54) is 0 Å². The fraction of sp³-hybridized carbons (Fsp3) is 0.240. The molecule has 2 aromatic carbocycles. The molecule has 2 N–H and O–H groups in total. The number of aromatic nitrogens is 2. The van der Waals surface area contributed by atoms with E-state index in [-0.39, 0.29) is 6.54 Å². The number of hydrogen-bond donors (Lipinski definition) is 2. The van der Waals surface area contributed by atoms with Crippen LogP contribution in [0.2, 0.25) is 0 Å². The second-order valence-electron chi connectivity index (χ2n) is 8.40. The SMILES string of the molecule is O=C(CN1CCN(c2ncccn2)CC1)NN1C(=O)NC(c2ccccc2)(c2ccccc2)C1=O. The summed E-state index contributed by atoms with van der Waals surface area (Å²) in [5.74, 6) is -0.330. The summed E-state index contributed by atoms with van der Waals surface area (Å²) in [6, 6.07) is 19.1. The topological polar surface area (TPSA) is 111 Å². The zero-order valence-electron chi connectivity index (χ0n) is 19.0.